The van der Waals surface area contributed by atoms with Gasteiger partial charge in [0.05, 0.1) is 10.7 Å². The van der Waals surface area contributed by atoms with Gasteiger partial charge in [0.15, 0.2) is 5.82 Å². The maximum atomic E-state index is 13.7. The molecule has 0 aromatic heterocycles. The molecule has 2 N–H and O–H groups in total. The largest absolute Gasteiger partial charge is 0.337 e. The number of carbonyl (C=O) groups excluding carboxylic acids is 1. The lowest BCUT2D eigenvalue weighted by molar-refractivity contribution is 0.251. The third-order valence-corrected chi connectivity index (χ3v) is 3.76. The average Bonchev–Trinajstić information content (AvgIpc) is 2.53. The Hall–Kier alpha value is -2.07. The van der Waals surface area contributed by atoms with E-state index in [4.69, 9.17) is 11.6 Å². The van der Waals surface area contributed by atoms with Gasteiger partial charge in [-0.2, -0.15) is 0 Å². The zero-order valence-electron chi connectivity index (χ0n) is 12.3. The van der Waals surface area contributed by atoms with E-state index < -0.39 is 11.8 Å². The van der Waals surface area contributed by atoms with E-state index in [-0.39, 0.29) is 16.6 Å². The molecular formula is C17H18ClFN2O. The summed E-state index contributed by atoms with van der Waals surface area (Å²) in [4.78, 5) is 11.9. The van der Waals surface area contributed by atoms with Gasteiger partial charge in [-0.05, 0) is 24.1 Å². The molecule has 3 nitrogen and oxygen atoms in total. The second kappa shape index (κ2) is 7.80. The van der Waals surface area contributed by atoms with Crippen LogP contribution in [0.1, 0.15) is 24.8 Å². The van der Waals surface area contributed by atoms with Gasteiger partial charge in [0.2, 0.25) is 0 Å². The molecule has 116 valence electrons. The quantitative estimate of drug-likeness (QED) is 0.816. The van der Waals surface area contributed by atoms with Crippen LogP contribution in [0.2, 0.25) is 5.02 Å². The fourth-order valence-corrected chi connectivity index (χ4v) is 2.38. The minimum absolute atomic E-state index is 0.0199. The molecular weight excluding hydrogens is 303 g/mol. The Balaban J connectivity index is 1.93. The maximum absolute atomic E-state index is 13.7. The first kappa shape index (κ1) is 16.3. The molecule has 5 heteroatoms. The van der Waals surface area contributed by atoms with E-state index in [0.717, 1.165) is 6.42 Å². The fraction of sp³-hybridized carbons (Fsp3) is 0.235. The molecule has 0 aliphatic rings. The van der Waals surface area contributed by atoms with Crippen LogP contribution in [0.15, 0.2) is 48.5 Å². The number of rotatable bonds is 5. The molecule has 0 saturated heterocycles. The molecule has 1 unspecified atom stereocenters. The number of urea groups is 1. The molecule has 0 aliphatic carbocycles. The van der Waals surface area contributed by atoms with Crippen molar-refractivity contribution in [2.24, 2.45) is 0 Å². The van der Waals surface area contributed by atoms with Gasteiger partial charge in [0.1, 0.15) is 0 Å². The van der Waals surface area contributed by atoms with Gasteiger partial charge in [0, 0.05) is 12.5 Å². The summed E-state index contributed by atoms with van der Waals surface area (Å²) in [6.45, 7) is 2.54. The predicted octanol–water partition coefficient (Wildman–Crippen LogP) is 4.79. The first-order valence-corrected chi connectivity index (χ1v) is 7.53. The molecule has 0 saturated carbocycles. The van der Waals surface area contributed by atoms with Gasteiger partial charge in [-0.25, -0.2) is 9.18 Å². The Morgan fingerprint density at radius 1 is 1.18 bits per heavy atom. The monoisotopic (exact) mass is 320 g/mol. The maximum Gasteiger partial charge on any atom is 0.319 e. The zero-order chi connectivity index (χ0) is 15.9. The number of halogens is 2. The third-order valence-electron chi connectivity index (χ3n) is 3.47. The van der Waals surface area contributed by atoms with Crippen molar-refractivity contribution in [1.29, 1.82) is 0 Å². The van der Waals surface area contributed by atoms with E-state index in [9.17, 15) is 9.18 Å². The van der Waals surface area contributed by atoms with E-state index in [2.05, 4.69) is 17.6 Å². The van der Waals surface area contributed by atoms with Gasteiger partial charge in [-0.15, -0.1) is 0 Å². The van der Waals surface area contributed by atoms with Crippen LogP contribution in [0.3, 0.4) is 0 Å². The summed E-state index contributed by atoms with van der Waals surface area (Å²) in [5, 5.41) is 5.22. The highest BCUT2D eigenvalue weighted by Gasteiger charge is 2.12. The standard InChI is InChI=1S/C17H18ClFN2O/c1-2-12(13-7-4-3-5-8-13)11-20-17(22)21-15-10-6-9-14(18)16(15)19/h3-10,12H,2,11H2,1H3,(H2,20,21,22). The Bertz CT molecular complexity index is 634. The van der Waals surface area contributed by atoms with Gasteiger partial charge >= 0.3 is 6.03 Å². The van der Waals surface area contributed by atoms with Gasteiger partial charge < -0.3 is 10.6 Å². The molecule has 0 spiro atoms. The number of hydrogen-bond donors (Lipinski definition) is 2. The van der Waals surface area contributed by atoms with Gasteiger partial charge in [-0.3, -0.25) is 0 Å². The molecule has 22 heavy (non-hydrogen) atoms. The van der Waals surface area contributed by atoms with Crippen LogP contribution in [0.25, 0.3) is 0 Å². The van der Waals surface area contributed by atoms with Crippen LogP contribution in [-0.2, 0) is 0 Å². The van der Waals surface area contributed by atoms with Crippen molar-refractivity contribution in [2.75, 3.05) is 11.9 Å². The molecule has 0 heterocycles. The minimum atomic E-state index is -0.630. The highest BCUT2D eigenvalue weighted by molar-refractivity contribution is 6.31. The summed E-state index contributed by atoms with van der Waals surface area (Å²) in [5.41, 5.74) is 1.23. The van der Waals surface area contributed by atoms with Crippen molar-refractivity contribution in [3.63, 3.8) is 0 Å². The molecule has 0 radical (unpaired) electrons. The summed E-state index contributed by atoms with van der Waals surface area (Å²) < 4.78 is 13.7. The normalized spacial score (nSPS) is 11.8. The average molecular weight is 321 g/mol. The number of nitrogens with one attached hydrogen (secondary N) is 2. The molecule has 0 aliphatic heterocycles. The summed E-state index contributed by atoms with van der Waals surface area (Å²) in [6, 6.07) is 14.0. The number of carbonyl (C=O) groups is 1. The van der Waals surface area contributed by atoms with Crippen molar-refractivity contribution in [3.8, 4) is 0 Å². The van der Waals surface area contributed by atoms with Crippen molar-refractivity contribution < 1.29 is 9.18 Å². The smallest absolute Gasteiger partial charge is 0.319 e. The lowest BCUT2D eigenvalue weighted by Gasteiger charge is -2.16. The van der Waals surface area contributed by atoms with Crippen molar-refractivity contribution in [2.45, 2.75) is 19.3 Å². The Morgan fingerprint density at radius 3 is 2.59 bits per heavy atom. The first-order valence-electron chi connectivity index (χ1n) is 7.15. The van der Waals surface area contributed by atoms with E-state index in [0.29, 0.717) is 6.54 Å². The van der Waals surface area contributed by atoms with Crippen LogP contribution in [0.4, 0.5) is 14.9 Å². The van der Waals surface area contributed by atoms with E-state index >= 15 is 0 Å². The molecule has 2 rings (SSSR count). The molecule has 0 bridgehead atoms. The number of amides is 2. The highest BCUT2D eigenvalue weighted by Crippen LogP contribution is 2.22. The van der Waals surface area contributed by atoms with E-state index in [1.54, 1.807) is 6.07 Å². The second-order valence-corrected chi connectivity index (χ2v) is 5.36. The van der Waals surface area contributed by atoms with Crippen LogP contribution in [0.5, 0.6) is 0 Å². The third kappa shape index (κ3) is 4.21. The highest BCUT2D eigenvalue weighted by atomic mass is 35.5. The Labute approximate surface area is 134 Å². The minimum Gasteiger partial charge on any atom is -0.337 e. The lowest BCUT2D eigenvalue weighted by atomic mass is 9.97. The van der Waals surface area contributed by atoms with Crippen molar-refractivity contribution >= 4 is 23.3 Å². The molecule has 2 aromatic rings. The van der Waals surface area contributed by atoms with E-state index in [1.165, 1.54) is 17.7 Å². The van der Waals surface area contributed by atoms with Crippen LogP contribution in [-0.4, -0.2) is 12.6 Å². The Kier molecular flexibility index (Phi) is 5.78. The zero-order valence-corrected chi connectivity index (χ0v) is 13.0. The molecule has 1 atom stereocenters. The molecule has 2 aromatic carbocycles. The SMILES string of the molecule is CCC(CNC(=O)Nc1cccc(Cl)c1F)c1ccccc1. The van der Waals surface area contributed by atoms with Crippen molar-refractivity contribution in [1.82, 2.24) is 5.32 Å². The van der Waals surface area contributed by atoms with Gasteiger partial charge in [-0.1, -0.05) is 54.9 Å². The molecule has 0 fully saturated rings. The number of hydrogen-bond acceptors (Lipinski definition) is 1. The van der Waals surface area contributed by atoms with Crippen LogP contribution in [0, 0.1) is 5.82 Å². The van der Waals surface area contributed by atoms with Crippen LogP contribution < -0.4 is 10.6 Å². The fourth-order valence-electron chi connectivity index (χ4n) is 2.21. The summed E-state index contributed by atoms with van der Waals surface area (Å²) in [7, 11) is 0. The summed E-state index contributed by atoms with van der Waals surface area (Å²) >= 11 is 5.68. The topological polar surface area (TPSA) is 41.1 Å². The predicted molar refractivity (Wildman–Crippen MR) is 87.9 cm³/mol. The van der Waals surface area contributed by atoms with Crippen LogP contribution >= 0.6 is 11.6 Å². The number of benzene rings is 2. The Morgan fingerprint density at radius 2 is 1.91 bits per heavy atom. The van der Waals surface area contributed by atoms with Gasteiger partial charge in [0.25, 0.3) is 0 Å². The molecule has 2 amide bonds. The summed E-state index contributed by atoms with van der Waals surface area (Å²) in [5.74, 6) is -0.412. The summed E-state index contributed by atoms with van der Waals surface area (Å²) in [6.07, 6.45) is 0.899. The second-order valence-electron chi connectivity index (χ2n) is 4.95. The first-order chi connectivity index (χ1) is 10.6. The lowest BCUT2D eigenvalue weighted by Crippen LogP contribution is -2.32. The van der Waals surface area contributed by atoms with E-state index in [1.807, 2.05) is 30.3 Å². The number of anilines is 1. The van der Waals surface area contributed by atoms with Crippen molar-refractivity contribution in [3.05, 3.63) is 64.9 Å².